The van der Waals surface area contributed by atoms with Crippen molar-refractivity contribution in [2.24, 2.45) is 0 Å². The van der Waals surface area contributed by atoms with E-state index in [9.17, 15) is 14.0 Å². The minimum absolute atomic E-state index is 0.173. The smallest absolute Gasteiger partial charge is 0.256 e. The van der Waals surface area contributed by atoms with Crippen LogP contribution in [0.3, 0.4) is 0 Å². The molecule has 3 rings (SSSR count). The van der Waals surface area contributed by atoms with E-state index in [0.29, 0.717) is 40.3 Å². The van der Waals surface area contributed by atoms with Gasteiger partial charge in [0.15, 0.2) is 0 Å². The molecule has 23 heavy (non-hydrogen) atoms. The molecule has 0 radical (unpaired) electrons. The van der Waals surface area contributed by atoms with Gasteiger partial charge in [0.2, 0.25) is 0 Å². The van der Waals surface area contributed by atoms with E-state index < -0.39 is 5.82 Å². The van der Waals surface area contributed by atoms with Crippen LogP contribution in [0, 0.1) is 12.7 Å². The summed E-state index contributed by atoms with van der Waals surface area (Å²) in [5.74, 6) is -0.873. The zero-order valence-corrected chi connectivity index (χ0v) is 12.8. The zero-order valence-electron chi connectivity index (χ0n) is 12.8. The average Bonchev–Trinajstić information content (AvgIpc) is 3.01. The maximum absolute atomic E-state index is 13.4. The summed E-state index contributed by atoms with van der Waals surface area (Å²) in [4.78, 5) is 27.1. The molecule has 0 bridgehead atoms. The molecule has 3 N–H and O–H groups in total. The van der Waals surface area contributed by atoms with Gasteiger partial charge in [-0.15, -0.1) is 0 Å². The quantitative estimate of drug-likeness (QED) is 0.762. The molecule has 0 saturated heterocycles. The summed E-state index contributed by atoms with van der Waals surface area (Å²) in [6, 6.07) is 5.83. The Morgan fingerprint density at radius 1 is 1.35 bits per heavy atom. The van der Waals surface area contributed by atoms with Crippen molar-refractivity contribution in [2.75, 3.05) is 11.9 Å². The molecule has 118 valence electrons. The van der Waals surface area contributed by atoms with Gasteiger partial charge in [0.1, 0.15) is 5.82 Å². The Labute approximate surface area is 132 Å². The molecule has 2 aromatic rings. The molecule has 2 amide bonds. The third kappa shape index (κ3) is 2.75. The maximum atomic E-state index is 13.4. The van der Waals surface area contributed by atoms with E-state index in [1.807, 2.05) is 6.92 Å². The lowest BCUT2D eigenvalue weighted by atomic mass is 10.1. The highest BCUT2D eigenvalue weighted by Crippen LogP contribution is 2.33. The minimum Gasteiger partial charge on any atom is -0.358 e. The molecule has 0 atom stereocenters. The van der Waals surface area contributed by atoms with Gasteiger partial charge < -0.3 is 15.6 Å². The van der Waals surface area contributed by atoms with Crippen LogP contribution in [0.2, 0.25) is 0 Å². The highest BCUT2D eigenvalue weighted by Gasteiger charge is 2.25. The first-order valence-corrected chi connectivity index (χ1v) is 7.30. The van der Waals surface area contributed by atoms with Crippen molar-refractivity contribution in [2.45, 2.75) is 13.8 Å². The van der Waals surface area contributed by atoms with Gasteiger partial charge in [-0.25, -0.2) is 4.39 Å². The number of carbonyl (C=O) groups excluding carboxylic acids is 2. The summed E-state index contributed by atoms with van der Waals surface area (Å²) < 4.78 is 13.4. The third-order valence-corrected chi connectivity index (χ3v) is 3.68. The van der Waals surface area contributed by atoms with E-state index in [4.69, 9.17) is 0 Å². The number of fused-ring (bicyclic) bond motifs is 1. The van der Waals surface area contributed by atoms with Gasteiger partial charge in [0.05, 0.1) is 11.1 Å². The normalized spacial score (nSPS) is 14.7. The van der Waals surface area contributed by atoms with Crippen molar-refractivity contribution in [3.05, 3.63) is 52.6 Å². The zero-order chi connectivity index (χ0) is 16.6. The first-order valence-electron chi connectivity index (χ1n) is 7.30. The number of rotatable bonds is 3. The number of halogens is 1. The summed E-state index contributed by atoms with van der Waals surface area (Å²) in [6.07, 6.45) is 1.62. The molecule has 0 unspecified atom stereocenters. The third-order valence-electron chi connectivity index (χ3n) is 3.68. The van der Waals surface area contributed by atoms with Crippen molar-refractivity contribution in [3.63, 3.8) is 0 Å². The molecule has 0 fully saturated rings. The molecule has 5 nitrogen and oxygen atoms in total. The highest BCUT2D eigenvalue weighted by molar-refractivity contribution is 6.34. The second-order valence-corrected chi connectivity index (χ2v) is 5.32. The highest BCUT2D eigenvalue weighted by atomic mass is 19.1. The van der Waals surface area contributed by atoms with E-state index in [1.54, 1.807) is 19.1 Å². The minimum atomic E-state index is -0.406. The summed E-state index contributed by atoms with van der Waals surface area (Å²) >= 11 is 0. The Hall–Kier alpha value is -2.89. The average molecular weight is 313 g/mol. The molecular formula is C17H16FN3O2. The molecule has 6 heteroatoms. The number of hydrogen-bond acceptors (Lipinski definition) is 2. The Balaban J connectivity index is 2.00. The van der Waals surface area contributed by atoms with Crippen LogP contribution in [-0.4, -0.2) is 23.3 Å². The van der Waals surface area contributed by atoms with Crippen LogP contribution in [0.25, 0.3) is 11.6 Å². The van der Waals surface area contributed by atoms with Crippen molar-refractivity contribution < 1.29 is 14.0 Å². The predicted molar refractivity (Wildman–Crippen MR) is 86.4 cm³/mol. The summed E-state index contributed by atoms with van der Waals surface area (Å²) in [5, 5.41) is 5.43. The van der Waals surface area contributed by atoms with E-state index in [2.05, 4.69) is 15.6 Å². The summed E-state index contributed by atoms with van der Waals surface area (Å²) in [6.45, 7) is 4.17. The standard InChI is InChI=1S/C17H16FN3O2/c1-3-19-16(22)12-7-11(20-9(12)2)8-14-13-6-10(18)4-5-15(13)21-17(14)23/h4-8,20H,3H2,1-2H3,(H,19,22)(H,21,23)/b14-8-. The number of aryl methyl sites for hydroxylation is 1. The van der Waals surface area contributed by atoms with Gasteiger partial charge in [-0.05, 0) is 44.2 Å². The molecule has 2 heterocycles. The van der Waals surface area contributed by atoms with E-state index in [-0.39, 0.29) is 11.8 Å². The van der Waals surface area contributed by atoms with Gasteiger partial charge in [-0.3, -0.25) is 9.59 Å². The van der Waals surface area contributed by atoms with E-state index in [0.717, 1.165) is 0 Å². The number of carbonyl (C=O) groups is 2. The molecule has 0 aliphatic carbocycles. The maximum Gasteiger partial charge on any atom is 0.256 e. The number of nitrogens with one attached hydrogen (secondary N) is 3. The monoisotopic (exact) mass is 313 g/mol. The number of anilines is 1. The van der Waals surface area contributed by atoms with E-state index >= 15 is 0 Å². The fraction of sp³-hybridized carbons (Fsp3) is 0.176. The second kappa shape index (κ2) is 5.72. The molecule has 1 aliphatic rings. The number of benzene rings is 1. The van der Waals surface area contributed by atoms with Crippen LogP contribution in [0.4, 0.5) is 10.1 Å². The fourth-order valence-corrected chi connectivity index (χ4v) is 2.61. The lowest BCUT2D eigenvalue weighted by Gasteiger charge is -1.99. The molecule has 1 aliphatic heterocycles. The van der Waals surface area contributed by atoms with Gasteiger partial charge in [0, 0.05) is 29.2 Å². The van der Waals surface area contributed by atoms with Gasteiger partial charge >= 0.3 is 0 Å². The number of hydrogen-bond donors (Lipinski definition) is 3. The number of amides is 2. The Kier molecular flexibility index (Phi) is 3.73. The van der Waals surface area contributed by atoms with Crippen molar-refractivity contribution >= 4 is 29.2 Å². The van der Waals surface area contributed by atoms with Crippen molar-refractivity contribution in [1.29, 1.82) is 0 Å². The Morgan fingerprint density at radius 3 is 2.87 bits per heavy atom. The molecular weight excluding hydrogens is 297 g/mol. The van der Waals surface area contributed by atoms with Crippen LogP contribution >= 0.6 is 0 Å². The number of aromatic nitrogens is 1. The molecule has 0 spiro atoms. The molecule has 1 aromatic carbocycles. The van der Waals surface area contributed by atoms with Gasteiger partial charge in [-0.2, -0.15) is 0 Å². The summed E-state index contributed by atoms with van der Waals surface area (Å²) in [7, 11) is 0. The number of H-pyrrole nitrogens is 1. The Bertz CT molecular complexity index is 836. The second-order valence-electron chi connectivity index (χ2n) is 5.32. The topological polar surface area (TPSA) is 74.0 Å². The summed E-state index contributed by atoms with van der Waals surface area (Å²) in [5.41, 5.74) is 3.31. The SMILES string of the molecule is CCNC(=O)c1cc(/C=C2\C(=O)Nc3ccc(F)cc32)[nH]c1C. The van der Waals surface area contributed by atoms with Crippen LogP contribution in [0.1, 0.15) is 34.2 Å². The number of aromatic amines is 1. The Morgan fingerprint density at radius 2 is 2.13 bits per heavy atom. The lowest BCUT2D eigenvalue weighted by molar-refractivity contribution is -0.110. The van der Waals surface area contributed by atoms with Crippen LogP contribution in [0.15, 0.2) is 24.3 Å². The van der Waals surface area contributed by atoms with Crippen LogP contribution in [-0.2, 0) is 4.79 Å². The predicted octanol–water partition coefficient (Wildman–Crippen LogP) is 2.70. The lowest BCUT2D eigenvalue weighted by Crippen LogP contribution is -2.22. The van der Waals surface area contributed by atoms with Gasteiger partial charge in [-0.1, -0.05) is 0 Å². The fourth-order valence-electron chi connectivity index (χ4n) is 2.61. The first kappa shape index (κ1) is 15.0. The van der Waals surface area contributed by atoms with Crippen LogP contribution < -0.4 is 10.6 Å². The molecule has 1 aromatic heterocycles. The van der Waals surface area contributed by atoms with Gasteiger partial charge in [0.25, 0.3) is 11.8 Å². The van der Waals surface area contributed by atoms with Crippen molar-refractivity contribution in [3.8, 4) is 0 Å². The largest absolute Gasteiger partial charge is 0.358 e. The van der Waals surface area contributed by atoms with Crippen LogP contribution in [0.5, 0.6) is 0 Å². The molecule has 0 saturated carbocycles. The first-order chi connectivity index (χ1) is 11.0. The van der Waals surface area contributed by atoms with Crippen molar-refractivity contribution in [1.82, 2.24) is 10.3 Å². The van der Waals surface area contributed by atoms with E-state index in [1.165, 1.54) is 18.2 Å².